The van der Waals surface area contributed by atoms with Gasteiger partial charge in [-0.2, -0.15) is 0 Å². The van der Waals surface area contributed by atoms with Gasteiger partial charge in [0.2, 0.25) is 11.8 Å². The Bertz CT molecular complexity index is 1040. The second kappa shape index (κ2) is 8.88. The summed E-state index contributed by atoms with van der Waals surface area (Å²) < 4.78 is 0. The van der Waals surface area contributed by atoms with Gasteiger partial charge in [0.15, 0.2) is 0 Å². The molecule has 3 N–H and O–H groups in total. The molecule has 0 radical (unpaired) electrons. The number of carbonyl (C=O) groups is 3. The molecule has 3 amide bonds. The molecule has 1 aliphatic rings. The maximum atomic E-state index is 14.0. The summed E-state index contributed by atoms with van der Waals surface area (Å²) in [7, 11) is 4.93. The number of hydroxylamine groups is 1. The standard InChI is InChI=1S/C24H32N4O4/c1-24(2,3)20(22(30)25-4)28-18-13-15-10-8-7-9-14(15)11-16(18)12-17(23(28)31)19(27(5)6)21(29)26-32/h7-11,13,17,19-20,32H,12H2,1-6H3,(H,25,30)(H,26,29)/t17-,19+,20-/m1/s1. The normalized spacial score (nSPS) is 18.3. The Morgan fingerprint density at radius 1 is 1.12 bits per heavy atom. The summed E-state index contributed by atoms with van der Waals surface area (Å²) in [5.41, 5.74) is 2.67. The van der Waals surface area contributed by atoms with Crippen molar-refractivity contribution in [3.63, 3.8) is 0 Å². The summed E-state index contributed by atoms with van der Waals surface area (Å²) in [6.07, 6.45) is 0.316. The van der Waals surface area contributed by atoms with Gasteiger partial charge in [-0.05, 0) is 54.4 Å². The molecule has 0 aliphatic carbocycles. The van der Waals surface area contributed by atoms with E-state index >= 15 is 0 Å². The molecule has 0 aromatic heterocycles. The summed E-state index contributed by atoms with van der Waals surface area (Å²) in [4.78, 5) is 42.7. The smallest absolute Gasteiger partial charge is 0.261 e. The van der Waals surface area contributed by atoms with Gasteiger partial charge in [-0.3, -0.25) is 29.4 Å². The largest absolute Gasteiger partial charge is 0.357 e. The second-order valence-electron chi connectivity index (χ2n) is 9.61. The number of fused-ring (bicyclic) bond motifs is 2. The molecule has 0 spiro atoms. The van der Waals surface area contributed by atoms with Gasteiger partial charge in [0.25, 0.3) is 5.91 Å². The van der Waals surface area contributed by atoms with Gasteiger partial charge in [-0.25, -0.2) is 5.48 Å². The number of carbonyl (C=O) groups excluding carboxylic acids is 3. The van der Waals surface area contributed by atoms with E-state index in [-0.39, 0.29) is 11.8 Å². The van der Waals surface area contributed by atoms with Crippen molar-refractivity contribution in [1.82, 2.24) is 15.7 Å². The van der Waals surface area contributed by atoms with E-state index < -0.39 is 29.3 Å². The van der Waals surface area contributed by atoms with Crippen LogP contribution in [0.1, 0.15) is 26.3 Å². The summed E-state index contributed by atoms with van der Waals surface area (Å²) in [6.45, 7) is 5.73. The number of hydrogen-bond acceptors (Lipinski definition) is 5. The topological polar surface area (TPSA) is 102 Å². The van der Waals surface area contributed by atoms with Crippen molar-refractivity contribution in [3.8, 4) is 0 Å². The van der Waals surface area contributed by atoms with Crippen LogP contribution in [-0.2, 0) is 20.8 Å². The molecule has 2 aromatic carbocycles. The highest BCUT2D eigenvalue weighted by molar-refractivity contribution is 6.08. The first-order valence-corrected chi connectivity index (χ1v) is 10.7. The minimum Gasteiger partial charge on any atom is -0.357 e. The molecule has 172 valence electrons. The van der Waals surface area contributed by atoms with Gasteiger partial charge in [0.05, 0.1) is 5.92 Å². The lowest BCUT2D eigenvalue weighted by molar-refractivity contribution is -0.141. The molecule has 2 aromatic rings. The van der Waals surface area contributed by atoms with Crippen LogP contribution in [0.15, 0.2) is 36.4 Å². The fourth-order valence-corrected chi connectivity index (χ4v) is 4.68. The number of amides is 3. The third kappa shape index (κ3) is 4.20. The van der Waals surface area contributed by atoms with Crippen LogP contribution in [0.2, 0.25) is 0 Å². The lowest BCUT2D eigenvalue weighted by Gasteiger charge is -2.45. The molecule has 0 saturated carbocycles. The monoisotopic (exact) mass is 440 g/mol. The first kappa shape index (κ1) is 23.7. The number of nitrogens with zero attached hydrogens (tertiary/aromatic N) is 2. The van der Waals surface area contributed by atoms with Gasteiger partial charge < -0.3 is 5.32 Å². The van der Waals surface area contributed by atoms with Crippen molar-refractivity contribution in [1.29, 1.82) is 0 Å². The van der Waals surface area contributed by atoms with Gasteiger partial charge in [-0.15, -0.1) is 0 Å². The molecule has 0 unspecified atom stereocenters. The van der Waals surface area contributed by atoms with E-state index in [1.807, 2.05) is 57.2 Å². The summed E-state index contributed by atoms with van der Waals surface area (Å²) >= 11 is 0. The molecule has 1 aliphatic heterocycles. The van der Waals surface area contributed by atoms with Crippen molar-refractivity contribution in [3.05, 3.63) is 42.0 Å². The van der Waals surface area contributed by atoms with Crippen LogP contribution in [0.5, 0.6) is 0 Å². The lowest BCUT2D eigenvalue weighted by Crippen LogP contribution is -2.62. The van der Waals surface area contributed by atoms with Crippen LogP contribution in [0.25, 0.3) is 10.8 Å². The van der Waals surface area contributed by atoms with Crippen LogP contribution in [0, 0.1) is 11.3 Å². The molecular weight excluding hydrogens is 408 g/mol. The van der Waals surface area contributed by atoms with Crippen molar-refractivity contribution in [2.75, 3.05) is 26.0 Å². The van der Waals surface area contributed by atoms with Crippen LogP contribution >= 0.6 is 0 Å². The predicted molar refractivity (Wildman–Crippen MR) is 123 cm³/mol. The zero-order chi connectivity index (χ0) is 23.8. The Kier molecular flexibility index (Phi) is 6.57. The summed E-state index contributed by atoms with van der Waals surface area (Å²) in [6, 6.07) is 10.1. The van der Waals surface area contributed by atoms with E-state index in [0.717, 1.165) is 16.3 Å². The van der Waals surface area contributed by atoms with Crippen molar-refractivity contribution in [2.45, 2.75) is 39.3 Å². The van der Waals surface area contributed by atoms with E-state index in [0.29, 0.717) is 12.1 Å². The van der Waals surface area contributed by atoms with Crippen LogP contribution in [0.4, 0.5) is 5.69 Å². The average Bonchev–Trinajstić information content (AvgIpc) is 2.73. The predicted octanol–water partition coefficient (Wildman–Crippen LogP) is 1.94. The third-order valence-corrected chi connectivity index (χ3v) is 6.09. The fraction of sp³-hybridized carbons (Fsp3) is 0.458. The van der Waals surface area contributed by atoms with Gasteiger partial charge in [0.1, 0.15) is 12.1 Å². The van der Waals surface area contributed by atoms with E-state index in [2.05, 4.69) is 5.32 Å². The summed E-state index contributed by atoms with van der Waals surface area (Å²) in [5, 5.41) is 14.0. The zero-order valence-corrected chi connectivity index (χ0v) is 19.5. The Balaban J connectivity index is 2.27. The molecule has 0 bridgehead atoms. The molecule has 3 atom stereocenters. The molecule has 8 nitrogen and oxygen atoms in total. The maximum Gasteiger partial charge on any atom is 0.261 e. The molecule has 0 saturated heterocycles. The number of nitrogens with one attached hydrogen (secondary N) is 2. The number of benzene rings is 2. The number of likely N-dealkylation sites (N-methyl/N-ethyl adjacent to an activating group) is 2. The van der Waals surface area contributed by atoms with E-state index in [1.54, 1.807) is 36.4 Å². The number of rotatable bonds is 5. The number of anilines is 1. The highest BCUT2D eigenvalue weighted by atomic mass is 16.5. The third-order valence-electron chi connectivity index (χ3n) is 6.09. The Labute approximate surface area is 188 Å². The van der Waals surface area contributed by atoms with E-state index in [9.17, 15) is 19.6 Å². The maximum absolute atomic E-state index is 14.0. The van der Waals surface area contributed by atoms with Gasteiger partial charge in [-0.1, -0.05) is 45.0 Å². The fourth-order valence-electron chi connectivity index (χ4n) is 4.68. The molecule has 3 rings (SSSR count). The first-order valence-electron chi connectivity index (χ1n) is 10.7. The molecule has 8 heteroatoms. The second-order valence-corrected chi connectivity index (χ2v) is 9.61. The zero-order valence-electron chi connectivity index (χ0n) is 19.5. The summed E-state index contributed by atoms with van der Waals surface area (Å²) in [5.74, 6) is -2.04. The minimum absolute atomic E-state index is 0.279. The van der Waals surface area contributed by atoms with Crippen LogP contribution in [-0.4, -0.2) is 61.1 Å². The van der Waals surface area contributed by atoms with E-state index in [4.69, 9.17) is 0 Å². The van der Waals surface area contributed by atoms with Crippen molar-refractivity contribution < 1.29 is 19.6 Å². The SMILES string of the molecule is CNC(=O)[C@@H](N1C(=O)[C@@H]([C@@H](C(=O)NO)N(C)C)Cc2cc3ccccc3cc21)C(C)(C)C. The van der Waals surface area contributed by atoms with Crippen LogP contribution < -0.4 is 15.7 Å². The number of hydrogen-bond donors (Lipinski definition) is 3. The quantitative estimate of drug-likeness (QED) is 0.487. The highest BCUT2D eigenvalue weighted by Crippen LogP contribution is 2.40. The first-order chi connectivity index (χ1) is 15.0. The van der Waals surface area contributed by atoms with Crippen molar-refractivity contribution >= 4 is 34.2 Å². The molecule has 0 fully saturated rings. The minimum atomic E-state index is -0.903. The Morgan fingerprint density at radius 2 is 1.72 bits per heavy atom. The Hall–Kier alpha value is -2.97. The average molecular weight is 441 g/mol. The molecule has 32 heavy (non-hydrogen) atoms. The molecular formula is C24H32N4O4. The Morgan fingerprint density at radius 3 is 2.22 bits per heavy atom. The lowest BCUT2D eigenvalue weighted by atomic mass is 9.79. The van der Waals surface area contributed by atoms with E-state index in [1.165, 1.54) is 0 Å². The molecule has 1 heterocycles. The van der Waals surface area contributed by atoms with Crippen LogP contribution in [0.3, 0.4) is 0 Å². The van der Waals surface area contributed by atoms with Gasteiger partial charge >= 0.3 is 0 Å². The van der Waals surface area contributed by atoms with Gasteiger partial charge in [0, 0.05) is 12.7 Å². The van der Waals surface area contributed by atoms with Crippen molar-refractivity contribution in [2.24, 2.45) is 11.3 Å². The highest BCUT2D eigenvalue weighted by Gasteiger charge is 2.48.